The first kappa shape index (κ1) is 18.7. The normalized spacial score (nSPS) is 22.5. The number of ether oxygens (including phenoxy) is 1. The maximum absolute atomic E-state index is 12.5. The molecule has 0 aromatic heterocycles. The summed E-state index contributed by atoms with van der Waals surface area (Å²) in [5.41, 5.74) is 0.710. The van der Waals surface area contributed by atoms with Crippen LogP contribution in [-0.2, 0) is 11.3 Å². The van der Waals surface area contributed by atoms with E-state index in [9.17, 15) is 9.90 Å². The number of rotatable bonds is 4. The van der Waals surface area contributed by atoms with Gasteiger partial charge in [0.05, 0.1) is 12.6 Å². The van der Waals surface area contributed by atoms with E-state index >= 15 is 0 Å². The Hall–Kier alpha value is -1.59. The van der Waals surface area contributed by atoms with E-state index in [1.807, 2.05) is 39.0 Å². The fourth-order valence-corrected chi connectivity index (χ4v) is 3.09. The van der Waals surface area contributed by atoms with Gasteiger partial charge in [0.1, 0.15) is 5.60 Å². The van der Waals surface area contributed by atoms with E-state index < -0.39 is 5.60 Å². The lowest BCUT2D eigenvalue weighted by molar-refractivity contribution is -0.0281. The third-order valence-corrected chi connectivity index (χ3v) is 4.35. The van der Waals surface area contributed by atoms with Crippen LogP contribution in [0.5, 0.6) is 0 Å². The van der Waals surface area contributed by atoms with Crippen LogP contribution in [0, 0.1) is 0 Å². The molecule has 0 unspecified atom stereocenters. The van der Waals surface area contributed by atoms with Gasteiger partial charge < -0.3 is 14.7 Å². The third kappa shape index (κ3) is 4.95. The zero-order chi connectivity index (χ0) is 17.7. The van der Waals surface area contributed by atoms with E-state index in [1.54, 1.807) is 4.90 Å². The Morgan fingerprint density at radius 3 is 2.42 bits per heavy atom. The summed E-state index contributed by atoms with van der Waals surface area (Å²) in [7, 11) is 0. The zero-order valence-electron chi connectivity index (χ0n) is 15.2. The first-order chi connectivity index (χ1) is 11.3. The monoisotopic (exact) mass is 334 g/mol. The van der Waals surface area contributed by atoms with Crippen LogP contribution in [0.4, 0.5) is 4.79 Å². The van der Waals surface area contributed by atoms with Crippen molar-refractivity contribution in [3.05, 3.63) is 35.9 Å². The molecule has 1 aromatic rings. The van der Waals surface area contributed by atoms with Crippen molar-refractivity contribution in [1.29, 1.82) is 0 Å². The first-order valence-corrected chi connectivity index (χ1v) is 8.72. The van der Waals surface area contributed by atoms with Crippen LogP contribution in [0.25, 0.3) is 0 Å². The number of aliphatic hydroxyl groups is 1. The second-order valence-corrected chi connectivity index (χ2v) is 7.45. The number of hydrogen-bond acceptors (Lipinski definition) is 4. The van der Waals surface area contributed by atoms with Crippen LogP contribution in [0.2, 0.25) is 0 Å². The Balaban J connectivity index is 2.09. The number of amides is 1. The lowest BCUT2D eigenvalue weighted by Crippen LogP contribution is -2.61. The van der Waals surface area contributed by atoms with E-state index in [2.05, 4.69) is 24.0 Å². The van der Waals surface area contributed by atoms with Crippen molar-refractivity contribution in [2.24, 2.45) is 0 Å². The predicted octanol–water partition coefficient (Wildman–Crippen LogP) is 2.88. The number of carbonyl (C=O) groups is 1. The van der Waals surface area contributed by atoms with E-state index in [-0.39, 0.29) is 24.8 Å². The molecule has 0 radical (unpaired) electrons. The summed E-state index contributed by atoms with van der Waals surface area (Å²) in [6, 6.07) is 10.3. The summed E-state index contributed by atoms with van der Waals surface area (Å²) in [6.45, 7) is 9.77. The molecule has 1 aliphatic rings. The lowest BCUT2D eigenvalue weighted by atomic mass is 10.0. The minimum atomic E-state index is -0.509. The Kier molecular flexibility index (Phi) is 6.24. The number of aliphatic hydroxyl groups excluding tert-OH is 1. The summed E-state index contributed by atoms with van der Waals surface area (Å²) < 4.78 is 5.54. The molecular formula is C19H30N2O3. The van der Waals surface area contributed by atoms with E-state index in [0.29, 0.717) is 6.54 Å². The summed E-state index contributed by atoms with van der Waals surface area (Å²) in [4.78, 5) is 16.6. The number of piperazine rings is 1. The Morgan fingerprint density at radius 2 is 1.88 bits per heavy atom. The van der Waals surface area contributed by atoms with Crippen molar-refractivity contribution < 1.29 is 14.6 Å². The molecule has 1 heterocycles. The van der Waals surface area contributed by atoms with Crippen LogP contribution in [0.15, 0.2) is 30.3 Å². The van der Waals surface area contributed by atoms with Crippen LogP contribution in [0.1, 0.15) is 39.7 Å². The fourth-order valence-electron chi connectivity index (χ4n) is 3.09. The van der Waals surface area contributed by atoms with Gasteiger partial charge in [-0.3, -0.25) is 4.90 Å². The van der Waals surface area contributed by atoms with Gasteiger partial charge in [0.15, 0.2) is 0 Å². The average molecular weight is 334 g/mol. The molecule has 1 N–H and O–H groups in total. The number of nitrogens with zero attached hydrogens (tertiary/aromatic N) is 2. The van der Waals surface area contributed by atoms with Gasteiger partial charge in [-0.05, 0) is 32.8 Å². The number of hydrogen-bond donors (Lipinski definition) is 1. The summed E-state index contributed by atoms with van der Waals surface area (Å²) in [5.74, 6) is 0. The summed E-state index contributed by atoms with van der Waals surface area (Å²) >= 11 is 0. The molecule has 5 nitrogen and oxygen atoms in total. The highest BCUT2D eigenvalue weighted by atomic mass is 16.6. The molecule has 134 valence electrons. The van der Waals surface area contributed by atoms with Gasteiger partial charge in [-0.25, -0.2) is 4.79 Å². The summed E-state index contributed by atoms with van der Waals surface area (Å²) in [6.07, 6.45) is 0.579. The quantitative estimate of drug-likeness (QED) is 0.920. The lowest BCUT2D eigenvalue weighted by Gasteiger charge is -2.45. The third-order valence-electron chi connectivity index (χ3n) is 4.35. The van der Waals surface area contributed by atoms with Crippen LogP contribution >= 0.6 is 0 Å². The second-order valence-electron chi connectivity index (χ2n) is 7.45. The maximum atomic E-state index is 12.5. The van der Waals surface area contributed by atoms with Crippen LogP contribution in [0.3, 0.4) is 0 Å². The van der Waals surface area contributed by atoms with E-state index in [0.717, 1.165) is 19.5 Å². The standard InChI is InChI=1S/C19H30N2O3/c1-5-16-12-20(11-15-9-7-6-8-10-15)17(14-22)13-21(16)18(23)24-19(2,3)4/h6-10,16-17,22H,5,11-14H2,1-4H3/t16-,17+/m0/s1. The van der Waals surface area contributed by atoms with Crippen LogP contribution in [-0.4, -0.2) is 58.4 Å². The molecule has 1 fully saturated rings. The van der Waals surface area contributed by atoms with E-state index in [4.69, 9.17) is 4.74 Å². The molecule has 2 atom stereocenters. The molecule has 0 spiro atoms. The van der Waals surface area contributed by atoms with Crippen molar-refractivity contribution in [3.8, 4) is 0 Å². The zero-order valence-corrected chi connectivity index (χ0v) is 15.2. The maximum Gasteiger partial charge on any atom is 0.410 e. The number of benzene rings is 1. The largest absolute Gasteiger partial charge is 0.444 e. The molecule has 24 heavy (non-hydrogen) atoms. The summed E-state index contributed by atoms with van der Waals surface area (Å²) in [5, 5.41) is 9.81. The molecule has 1 saturated heterocycles. The highest BCUT2D eigenvalue weighted by molar-refractivity contribution is 5.68. The Morgan fingerprint density at radius 1 is 1.21 bits per heavy atom. The van der Waals surface area contributed by atoms with Gasteiger partial charge in [-0.1, -0.05) is 37.3 Å². The Labute approximate surface area is 145 Å². The van der Waals surface area contributed by atoms with Crippen molar-refractivity contribution in [2.75, 3.05) is 19.7 Å². The topological polar surface area (TPSA) is 53.0 Å². The smallest absolute Gasteiger partial charge is 0.410 e. The van der Waals surface area contributed by atoms with Gasteiger partial charge in [-0.2, -0.15) is 0 Å². The van der Waals surface area contributed by atoms with Crippen molar-refractivity contribution >= 4 is 6.09 Å². The molecular weight excluding hydrogens is 304 g/mol. The predicted molar refractivity (Wildman–Crippen MR) is 94.7 cm³/mol. The highest BCUT2D eigenvalue weighted by Gasteiger charge is 2.37. The molecule has 0 saturated carbocycles. The van der Waals surface area contributed by atoms with Gasteiger partial charge in [0, 0.05) is 25.7 Å². The first-order valence-electron chi connectivity index (χ1n) is 8.72. The number of carbonyl (C=O) groups excluding carboxylic acids is 1. The average Bonchev–Trinajstić information content (AvgIpc) is 2.53. The second kappa shape index (κ2) is 7.99. The Bertz CT molecular complexity index is 527. The SMILES string of the molecule is CC[C@H]1CN(Cc2ccccc2)[C@@H](CO)CN1C(=O)OC(C)(C)C. The van der Waals surface area contributed by atoms with Gasteiger partial charge in [0.25, 0.3) is 0 Å². The fraction of sp³-hybridized carbons (Fsp3) is 0.632. The van der Waals surface area contributed by atoms with Gasteiger partial charge >= 0.3 is 6.09 Å². The molecule has 1 aliphatic heterocycles. The van der Waals surface area contributed by atoms with Crippen molar-refractivity contribution in [1.82, 2.24) is 9.80 Å². The van der Waals surface area contributed by atoms with Gasteiger partial charge in [-0.15, -0.1) is 0 Å². The van der Waals surface area contributed by atoms with Crippen molar-refractivity contribution in [3.63, 3.8) is 0 Å². The van der Waals surface area contributed by atoms with Gasteiger partial charge in [0.2, 0.25) is 0 Å². The molecule has 1 aromatic carbocycles. The minimum Gasteiger partial charge on any atom is -0.444 e. The molecule has 2 rings (SSSR count). The molecule has 0 bridgehead atoms. The molecule has 0 aliphatic carbocycles. The minimum absolute atomic E-state index is 0.0303. The molecule has 1 amide bonds. The molecule has 5 heteroatoms. The highest BCUT2D eigenvalue weighted by Crippen LogP contribution is 2.22. The van der Waals surface area contributed by atoms with E-state index in [1.165, 1.54) is 5.56 Å². The van der Waals surface area contributed by atoms with Crippen LogP contribution < -0.4 is 0 Å². The van der Waals surface area contributed by atoms with Crippen molar-refractivity contribution in [2.45, 2.75) is 58.3 Å².